The average Bonchev–Trinajstić information content (AvgIpc) is 2.19. The molecule has 75 valence electrons. The van der Waals surface area contributed by atoms with E-state index in [1.54, 1.807) is 6.92 Å². The zero-order valence-electron chi connectivity index (χ0n) is 8.25. The van der Waals surface area contributed by atoms with Gasteiger partial charge in [0.15, 0.2) is 0 Å². The minimum absolute atomic E-state index is 0.204. The molecular weight excluding hydrogens is 178 g/mol. The Balaban J connectivity index is 2.70. The quantitative estimate of drug-likeness (QED) is 0.680. The van der Waals surface area contributed by atoms with Gasteiger partial charge in [0.05, 0.1) is 13.0 Å². The summed E-state index contributed by atoms with van der Waals surface area (Å²) < 4.78 is 4.85. The molecule has 0 spiro atoms. The molecule has 0 atom stereocenters. The minimum atomic E-state index is -0.228. The largest absolute Gasteiger partial charge is 0.466 e. The molecular formula is C11H14NO2. The molecule has 0 unspecified atom stereocenters. The molecule has 14 heavy (non-hydrogen) atoms. The van der Waals surface area contributed by atoms with E-state index < -0.39 is 0 Å². The van der Waals surface area contributed by atoms with Gasteiger partial charge in [-0.1, -0.05) is 24.3 Å². The monoisotopic (exact) mass is 192 g/mol. The maximum absolute atomic E-state index is 11.2. The number of hydrogen-bond acceptors (Lipinski definition) is 2. The number of carbonyl (C=O) groups excluding carboxylic acids is 1. The molecule has 1 N–H and O–H groups in total. The van der Waals surface area contributed by atoms with Crippen molar-refractivity contribution in [3.05, 3.63) is 35.4 Å². The summed E-state index contributed by atoms with van der Waals surface area (Å²) in [4.78, 5) is 11.2. The van der Waals surface area contributed by atoms with Gasteiger partial charge in [0.25, 0.3) is 0 Å². The lowest BCUT2D eigenvalue weighted by atomic mass is 10.1. The maximum Gasteiger partial charge on any atom is 0.310 e. The third-order valence-corrected chi connectivity index (χ3v) is 1.95. The third-order valence-electron chi connectivity index (χ3n) is 1.95. The van der Waals surface area contributed by atoms with Crippen LogP contribution in [0.5, 0.6) is 0 Å². The van der Waals surface area contributed by atoms with Gasteiger partial charge in [-0.15, -0.1) is 0 Å². The summed E-state index contributed by atoms with van der Waals surface area (Å²) >= 11 is 0. The molecule has 0 amide bonds. The molecule has 1 aromatic carbocycles. The number of nitrogens with one attached hydrogen (secondary N) is 1. The highest BCUT2D eigenvalue weighted by atomic mass is 16.5. The van der Waals surface area contributed by atoms with Crippen LogP contribution in [0.25, 0.3) is 0 Å². The van der Waals surface area contributed by atoms with Crippen molar-refractivity contribution in [3.63, 3.8) is 0 Å². The van der Waals surface area contributed by atoms with E-state index in [0.29, 0.717) is 6.61 Å². The number of esters is 1. The first-order valence-electron chi connectivity index (χ1n) is 4.65. The summed E-state index contributed by atoms with van der Waals surface area (Å²) in [5, 5.41) is 0. The standard InChI is InChI=1S/C11H14NO2/c1-2-14-11(13)7-9-5-3-4-6-10(9)8-12/h3-6,12H,2,7-8H2,1H3. The minimum Gasteiger partial charge on any atom is -0.466 e. The molecule has 1 aromatic rings. The predicted octanol–water partition coefficient (Wildman–Crippen LogP) is 1.58. The first kappa shape index (κ1) is 10.7. The smallest absolute Gasteiger partial charge is 0.310 e. The van der Waals surface area contributed by atoms with Crippen molar-refractivity contribution in [3.8, 4) is 0 Å². The van der Waals surface area contributed by atoms with Crippen LogP contribution >= 0.6 is 0 Å². The predicted molar refractivity (Wildman–Crippen MR) is 53.6 cm³/mol. The lowest BCUT2D eigenvalue weighted by Crippen LogP contribution is -2.09. The van der Waals surface area contributed by atoms with Gasteiger partial charge in [0.2, 0.25) is 0 Å². The van der Waals surface area contributed by atoms with Gasteiger partial charge in [0.1, 0.15) is 0 Å². The Bertz CT molecular complexity index is 310. The molecule has 0 saturated carbocycles. The number of carbonyl (C=O) groups is 1. The summed E-state index contributed by atoms with van der Waals surface area (Å²) in [5.41, 5.74) is 9.06. The lowest BCUT2D eigenvalue weighted by Gasteiger charge is -2.06. The highest BCUT2D eigenvalue weighted by molar-refractivity contribution is 5.73. The SMILES string of the molecule is CCOC(=O)Cc1ccccc1C[NH]. The third kappa shape index (κ3) is 2.85. The van der Waals surface area contributed by atoms with Crippen molar-refractivity contribution >= 4 is 5.97 Å². The first-order valence-corrected chi connectivity index (χ1v) is 4.65. The summed E-state index contributed by atoms with van der Waals surface area (Å²) in [7, 11) is 0. The van der Waals surface area contributed by atoms with Crippen molar-refractivity contribution in [2.45, 2.75) is 19.9 Å². The Labute approximate surface area is 83.9 Å². The van der Waals surface area contributed by atoms with Crippen molar-refractivity contribution in [2.75, 3.05) is 6.61 Å². The van der Waals surface area contributed by atoms with Crippen LogP contribution in [0.3, 0.4) is 0 Å². The van der Waals surface area contributed by atoms with E-state index in [2.05, 4.69) is 0 Å². The zero-order valence-corrected chi connectivity index (χ0v) is 8.25. The van der Waals surface area contributed by atoms with Crippen molar-refractivity contribution < 1.29 is 9.53 Å². The van der Waals surface area contributed by atoms with Gasteiger partial charge in [-0.2, -0.15) is 0 Å². The molecule has 3 nitrogen and oxygen atoms in total. The zero-order chi connectivity index (χ0) is 10.4. The Kier molecular flexibility index (Phi) is 4.13. The van der Waals surface area contributed by atoms with Crippen LogP contribution in [0.2, 0.25) is 0 Å². The van der Waals surface area contributed by atoms with E-state index >= 15 is 0 Å². The van der Waals surface area contributed by atoms with Gasteiger partial charge < -0.3 is 4.74 Å². The molecule has 0 bridgehead atoms. The fourth-order valence-corrected chi connectivity index (χ4v) is 1.27. The van der Waals surface area contributed by atoms with Crippen LogP contribution < -0.4 is 5.73 Å². The fraction of sp³-hybridized carbons (Fsp3) is 0.364. The van der Waals surface area contributed by atoms with Crippen molar-refractivity contribution in [2.24, 2.45) is 0 Å². The Morgan fingerprint density at radius 3 is 2.57 bits per heavy atom. The summed E-state index contributed by atoms with van der Waals surface area (Å²) in [6.45, 7) is 2.39. The van der Waals surface area contributed by atoms with E-state index in [1.165, 1.54) is 0 Å². The number of rotatable bonds is 4. The Morgan fingerprint density at radius 1 is 1.36 bits per heavy atom. The van der Waals surface area contributed by atoms with E-state index in [4.69, 9.17) is 10.5 Å². The molecule has 0 aliphatic rings. The van der Waals surface area contributed by atoms with Crippen LogP contribution in [0.4, 0.5) is 0 Å². The molecule has 0 aliphatic heterocycles. The molecule has 0 heterocycles. The van der Waals surface area contributed by atoms with Crippen LogP contribution in [0, 0.1) is 0 Å². The Morgan fingerprint density at radius 2 is 2.00 bits per heavy atom. The fourth-order valence-electron chi connectivity index (χ4n) is 1.27. The van der Waals surface area contributed by atoms with Crippen molar-refractivity contribution in [1.82, 2.24) is 5.73 Å². The molecule has 1 radical (unpaired) electrons. The molecule has 1 rings (SSSR count). The molecule has 3 heteroatoms. The maximum atomic E-state index is 11.2. The summed E-state index contributed by atoms with van der Waals surface area (Å²) in [6.07, 6.45) is 0.267. The van der Waals surface area contributed by atoms with Gasteiger partial charge in [-0.3, -0.25) is 10.5 Å². The van der Waals surface area contributed by atoms with Gasteiger partial charge in [-0.05, 0) is 18.1 Å². The lowest BCUT2D eigenvalue weighted by molar-refractivity contribution is -0.142. The first-order chi connectivity index (χ1) is 6.77. The van der Waals surface area contributed by atoms with Gasteiger partial charge >= 0.3 is 5.97 Å². The number of benzene rings is 1. The van der Waals surface area contributed by atoms with Crippen molar-refractivity contribution in [1.29, 1.82) is 0 Å². The van der Waals surface area contributed by atoms with E-state index in [-0.39, 0.29) is 18.9 Å². The van der Waals surface area contributed by atoms with Crippen LogP contribution in [0.1, 0.15) is 18.1 Å². The molecule has 0 aromatic heterocycles. The van der Waals surface area contributed by atoms with Crippen LogP contribution in [0.15, 0.2) is 24.3 Å². The number of ether oxygens (including phenoxy) is 1. The molecule has 0 aliphatic carbocycles. The topological polar surface area (TPSA) is 50.1 Å². The van der Waals surface area contributed by atoms with E-state index in [1.807, 2.05) is 24.3 Å². The van der Waals surface area contributed by atoms with E-state index in [9.17, 15) is 4.79 Å². The van der Waals surface area contributed by atoms with Crippen LogP contribution in [-0.4, -0.2) is 12.6 Å². The highest BCUT2D eigenvalue weighted by Gasteiger charge is 2.06. The van der Waals surface area contributed by atoms with E-state index in [0.717, 1.165) is 11.1 Å². The number of hydrogen-bond donors (Lipinski definition) is 0. The highest BCUT2D eigenvalue weighted by Crippen LogP contribution is 2.09. The normalized spacial score (nSPS) is 9.86. The second-order valence-electron chi connectivity index (χ2n) is 2.93. The molecule has 0 saturated heterocycles. The summed E-state index contributed by atoms with van der Waals surface area (Å²) in [5.74, 6) is -0.228. The van der Waals surface area contributed by atoms with Crippen LogP contribution in [-0.2, 0) is 22.5 Å². The second kappa shape index (κ2) is 5.40. The average molecular weight is 192 g/mol. The van der Waals surface area contributed by atoms with Gasteiger partial charge in [0, 0.05) is 6.54 Å². The second-order valence-corrected chi connectivity index (χ2v) is 2.93. The Hall–Kier alpha value is -1.35. The summed E-state index contributed by atoms with van der Waals surface area (Å²) in [6, 6.07) is 7.47. The molecule has 0 fully saturated rings. The van der Waals surface area contributed by atoms with Gasteiger partial charge in [-0.25, -0.2) is 0 Å².